The molecule has 1 aliphatic rings. The van der Waals surface area contributed by atoms with E-state index in [1.165, 1.54) is 6.07 Å². The molecule has 210 valence electrons. The third kappa shape index (κ3) is 7.16. The lowest BCUT2D eigenvalue weighted by molar-refractivity contribution is -0.232. The zero-order valence-electron chi connectivity index (χ0n) is 21.2. The molecule has 3 rings (SSSR count). The summed E-state index contributed by atoms with van der Waals surface area (Å²) >= 11 is 0. The van der Waals surface area contributed by atoms with Gasteiger partial charge in [-0.25, -0.2) is 0 Å². The molecule has 0 saturated carbocycles. The predicted molar refractivity (Wildman–Crippen MR) is 136 cm³/mol. The maximum Gasteiger partial charge on any atom is 0.133 e. The van der Waals surface area contributed by atoms with Crippen molar-refractivity contribution in [2.75, 3.05) is 26.4 Å². The molecular weight excluding hydrogens is 496 g/mol. The lowest BCUT2D eigenvalue weighted by Crippen LogP contribution is -2.55. The van der Waals surface area contributed by atoms with Gasteiger partial charge in [0.25, 0.3) is 0 Å². The predicted octanol–water partition coefficient (Wildman–Crippen LogP) is -0.257. The maximum atomic E-state index is 12.2. The number of aromatic hydroxyl groups is 1. The van der Waals surface area contributed by atoms with E-state index < -0.39 is 62.4 Å². The van der Waals surface area contributed by atoms with Crippen LogP contribution in [-0.4, -0.2) is 97.5 Å². The van der Waals surface area contributed by atoms with Gasteiger partial charge >= 0.3 is 0 Å². The van der Waals surface area contributed by atoms with Crippen LogP contribution < -0.4 is 0 Å². The summed E-state index contributed by atoms with van der Waals surface area (Å²) in [5.74, 6) is -0.265. The van der Waals surface area contributed by atoms with Gasteiger partial charge in [0.05, 0.1) is 26.4 Å². The molecule has 1 fully saturated rings. The van der Waals surface area contributed by atoms with Crippen LogP contribution >= 0.6 is 0 Å². The number of aliphatic hydroxyl groups is 7. The summed E-state index contributed by atoms with van der Waals surface area (Å²) in [6, 6.07) is 12.7. The molecule has 10 heteroatoms. The van der Waals surface area contributed by atoms with Crippen molar-refractivity contribution >= 4 is 5.78 Å². The Labute approximate surface area is 221 Å². The number of ketones is 1. The summed E-state index contributed by atoms with van der Waals surface area (Å²) in [6.45, 7) is -1.94. The van der Waals surface area contributed by atoms with Crippen LogP contribution in [0.2, 0.25) is 0 Å². The van der Waals surface area contributed by atoms with Gasteiger partial charge in [-0.1, -0.05) is 30.3 Å². The molecule has 38 heavy (non-hydrogen) atoms. The smallest absolute Gasteiger partial charge is 0.133 e. The molecule has 8 N–H and O–H groups in total. The van der Waals surface area contributed by atoms with E-state index in [1.54, 1.807) is 12.1 Å². The summed E-state index contributed by atoms with van der Waals surface area (Å²) in [6.07, 6.45) is -4.76. The Bertz CT molecular complexity index is 1030. The highest BCUT2D eigenvalue weighted by atomic mass is 16.5. The van der Waals surface area contributed by atoms with Crippen LogP contribution in [0.3, 0.4) is 0 Å². The molecule has 0 bridgehead atoms. The minimum Gasteiger partial charge on any atom is -0.508 e. The van der Waals surface area contributed by atoms with Crippen LogP contribution in [0, 0.1) is 5.41 Å². The first-order valence-corrected chi connectivity index (χ1v) is 12.7. The SMILES string of the molecule is O=C(CCCc1ccc(Cc2ccc(O)c([C@@H]3O[C@H](CO)[C@@H](O)[C@H](O)[C@H]3O)c2)cc1)CC(CO)(CO)CO. The van der Waals surface area contributed by atoms with E-state index in [2.05, 4.69) is 0 Å². The number of Topliss-reactive ketones (excluding diaryl/α,β-unsaturated/α-hetero) is 1. The molecular formula is C28H38O10. The molecule has 0 radical (unpaired) electrons. The Hall–Kier alpha value is -2.41. The molecule has 0 amide bonds. The second-order valence-electron chi connectivity index (χ2n) is 10.2. The zero-order chi connectivity index (χ0) is 27.9. The lowest BCUT2D eigenvalue weighted by Gasteiger charge is -2.40. The van der Waals surface area contributed by atoms with Gasteiger partial charge < -0.3 is 45.6 Å². The van der Waals surface area contributed by atoms with Crippen LogP contribution in [0.4, 0.5) is 0 Å². The van der Waals surface area contributed by atoms with Crippen LogP contribution in [0.5, 0.6) is 5.75 Å². The lowest BCUT2D eigenvalue weighted by atomic mass is 9.84. The average molecular weight is 535 g/mol. The molecule has 2 aromatic carbocycles. The van der Waals surface area contributed by atoms with E-state index in [0.29, 0.717) is 19.3 Å². The highest BCUT2D eigenvalue weighted by Crippen LogP contribution is 2.37. The van der Waals surface area contributed by atoms with Gasteiger partial charge in [-0.3, -0.25) is 4.79 Å². The number of aliphatic hydroxyl groups excluding tert-OH is 7. The molecule has 1 heterocycles. The number of hydrogen-bond acceptors (Lipinski definition) is 10. The standard InChI is InChI=1S/C28H38O10/c29-13-23-24(35)25(36)26(37)27(38-23)21-11-19(8-9-22(21)34)10-18-6-4-17(5-7-18)2-1-3-20(33)12-28(14-30,15-31)16-32/h4-9,11,23-27,29-32,34-37H,1-3,10,12-16H2/t23-,24-,25+,26-,27+/m1/s1. The van der Waals surface area contributed by atoms with Gasteiger partial charge in [0.15, 0.2) is 0 Å². The van der Waals surface area contributed by atoms with E-state index in [0.717, 1.165) is 16.7 Å². The molecule has 0 aromatic heterocycles. The third-order valence-corrected chi connectivity index (χ3v) is 7.22. The molecule has 1 saturated heterocycles. The van der Waals surface area contributed by atoms with Gasteiger partial charge in [-0.15, -0.1) is 0 Å². The number of benzene rings is 2. The number of ether oxygens (including phenoxy) is 1. The topological polar surface area (TPSA) is 188 Å². The molecule has 0 aliphatic carbocycles. The highest BCUT2D eigenvalue weighted by Gasteiger charge is 2.44. The van der Waals surface area contributed by atoms with Crippen LogP contribution in [0.1, 0.15) is 47.6 Å². The van der Waals surface area contributed by atoms with Crippen LogP contribution in [0.15, 0.2) is 42.5 Å². The normalized spacial score (nSPS) is 23.9. The summed E-state index contributed by atoms with van der Waals surface area (Å²) in [5.41, 5.74) is 1.89. The maximum absolute atomic E-state index is 12.2. The number of aryl methyl sites for hydroxylation is 1. The van der Waals surface area contributed by atoms with E-state index in [9.17, 15) is 45.6 Å². The zero-order valence-corrected chi connectivity index (χ0v) is 21.2. The molecule has 10 nitrogen and oxygen atoms in total. The van der Waals surface area contributed by atoms with Crippen molar-refractivity contribution < 1.29 is 50.4 Å². The first kappa shape index (κ1) is 30.1. The Morgan fingerprint density at radius 2 is 1.42 bits per heavy atom. The van der Waals surface area contributed by atoms with Crippen LogP contribution in [-0.2, 0) is 22.4 Å². The van der Waals surface area contributed by atoms with Gasteiger partial charge in [-0.2, -0.15) is 0 Å². The van der Waals surface area contributed by atoms with Crippen LogP contribution in [0.25, 0.3) is 0 Å². The van der Waals surface area contributed by atoms with E-state index >= 15 is 0 Å². The Balaban J connectivity index is 1.59. The molecule has 5 atom stereocenters. The van der Waals surface area contributed by atoms with E-state index in [4.69, 9.17) is 4.74 Å². The molecule has 1 aliphatic heterocycles. The fourth-order valence-corrected chi connectivity index (χ4v) is 4.67. The molecule has 0 unspecified atom stereocenters. The van der Waals surface area contributed by atoms with E-state index in [1.807, 2.05) is 24.3 Å². The van der Waals surface area contributed by atoms with Gasteiger partial charge in [0.2, 0.25) is 0 Å². The van der Waals surface area contributed by atoms with Crippen molar-refractivity contribution in [1.82, 2.24) is 0 Å². The summed E-state index contributed by atoms with van der Waals surface area (Å²) in [4.78, 5) is 12.2. The van der Waals surface area contributed by atoms with Crippen molar-refractivity contribution in [2.45, 2.75) is 62.6 Å². The summed E-state index contributed by atoms with van der Waals surface area (Å²) < 4.78 is 5.59. The quantitative estimate of drug-likeness (QED) is 0.170. The molecule has 2 aromatic rings. The number of phenolic OH excluding ortho intramolecular Hbond substituents is 1. The molecule has 0 spiro atoms. The van der Waals surface area contributed by atoms with Crippen molar-refractivity contribution in [3.8, 4) is 5.75 Å². The van der Waals surface area contributed by atoms with Crippen molar-refractivity contribution in [3.63, 3.8) is 0 Å². The minimum absolute atomic E-state index is 0.0762. The second-order valence-corrected chi connectivity index (χ2v) is 10.2. The third-order valence-electron chi connectivity index (χ3n) is 7.22. The summed E-state index contributed by atoms with van der Waals surface area (Å²) in [7, 11) is 0. The first-order valence-electron chi connectivity index (χ1n) is 12.7. The van der Waals surface area contributed by atoms with Gasteiger partial charge in [0.1, 0.15) is 42.1 Å². The number of hydrogen-bond donors (Lipinski definition) is 8. The Morgan fingerprint density at radius 1 is 0.816 bits per heavy atom. The largest absolute Gasteiger partial charge is 0.508 e. The van der Waals surface area contributed by atoms with Gasteiger partial charge in [0, 0.05) is 23.8 Å². The van der Waals surface area contributed by atoms with Crippen molar-refractivity contribution in [1.29, 1.82) is 0 Å². The highest BCUT2D eigenvalue weighted by molar-refractivity contribution is 5.79. The minimum atomic E-state index is -1.54. The summed E-state index contributed by atoms with van der Waals surface area (Å²) in [5, 5.41) is 78.5. The number of rotatable bonds is 13. The monoisotopic (exact) mass is 534 g/mol. The number of carbonyl (C=O) groups excluding carboxylic acids is 1. The van der Waals surface area contributed by atoms with E-state index in [-0.39, 0.29) is 29.9 Å². The van der Waals surface area contributed by atoms with Crippen molar-refractivity contribution in [3.05, 3.63) is 64.7 Å². The Morgan fingerprint density at radius 3 is 2.03 bits per heavy atom. The fourth-order valence-electron chi connectivity index (χ4n) is 4.67. The second kappa shape index (κ2) is 13.6. The number of carbonyl (C=O) groups is 1. The van der Waals surface area contributed by atoms with Crippen molar-refractivity contribution in [2.24, 2.45) is 5.41 Å². The Kier molecular flexibility index (Phi) is 10.8. The number of phenols is 1. The first-order chi connectivity index (χ1) is 18.2. The van der Waals surface area contributed by atoms with Gasteiger partial charge in [-0.05, 0) is 48.1 Å². The fraction of sp³-hybridized carbons (Fsp3) is 0.536. The average Bonchev–Trinajstić information content (AvgIpc) is 2.93.